The number of rotatable bonds is 8. The molecule has 0 spiro atoms. The van der Waals surface area contributed by atoms with E-state index >= 15 is 0 Å². The Hall–Kier alpha value is -3.35. The Kier molecular flexibility index (Phi) is 7.41. The summed E-state index contributed by atoms with van der Waals surface area (Å²) in [5.74, 6) is -1.37. The molecule has 0 aromatic heterocycles. The Bertz CT molecular complexity index is 982. The van der Waals surface area contributed by atoms with Crippen molar-refractivity contribution in [3.63, 3.8) is 0 Å². The van der Waals surface area contributed by atoms with E-state index in [-0.39, 0.29) is 31.4 Å². The monoisotopic (exact) mass is 452 g/mol. The molecule has 3 rings (SSSR count). The minimum absolute atomic E-state index is 0.0744. The first-order valence-electron chi connectivity index (χ1n) is 11.3. The van der Waals surface area contributed by atoms with Gasteiger partial charge >= 0.3 is 12.1 Å². The third-order valence-electron chi connectivity index (χ3n) is 6.01. The number of hydrogen-bond acceptors (Lipinski definition) is 4. The second kappa shape index (κ2) is 10.1. The summed E-state index contributed by atoms with van der Waals surface area (Å²) in [5.41, 5.74) is 3.92. The molecular weight excluding hydrogens is 420 g/mol. The number of nitrogens with zero attached hydrogens (tertiary/aromatic N) is 1. The lowest BCUT2D eigenvalue weighted by atomic mass is 9.86. The number of carbonyl (C=O) groups excluding carboxylic acids is 2. The van der Waals surface area contributed by atoms with E-state index in [9.17, 15) is 14.4 Å². The van der Waals surface area contributed by atoms with E-state index in [0.29, 0.717) is 6.54 Å². The fourth-order valence-corrected chi connectivity index (χ4v) is 4.24. The van der Waals surface area contributed by atoms with Gasteiger partial charge in [0.15, 0.2) is 0 Å². The second-order valence-electron chi connectivity index (χ2n) is 9.33. The molecule has 7 heteroatoms. The predicted molar refractivity (Wildman–Crippen MR) is 126 cm³/mol. The van der Waals surface area contributed by atoms with Gasteiger partial charge in [0.25, 0.3) is 0 Å². The first-order chi connectivity index (χ1) is 15.6. The summed E-state index contributed by atoms with van der Waals surface area (Å²) in [6.07, 6.45) is -0.819. The van der Waals surface area contributed by atoms with Crippen LogP contribution in [0.4, 0.5) is 4.79 Å². The summed E-state index contributed by atoms with van der Waals surface area (Å²) < 4.78 is 5.61. The summed E-state index contributed by atoms with van der Waals surface area (Å²) >= 11 is 0. The molecule has 1 aliphatic rings. The summed E-state index contributed by atoms with van der Waals surface area (Å²) in [5, 5.41) is 11.7. The van der Waals surface area contributed by atoms with Crippen molar-refractivity contribution >= 4 is 18.0 Å². The number of amides is 2. The van der Waals surface area contributed by atoms with E-state index in [0.717, 1.165) is 22.3 Å². The highest BCUT2D eigenvalue weighted by Crippen LogP contribution is 2.44. The minimum atomic E-state index is -0.974. The van der Waals surface area contributed by atoms with E-state index in [1.54, 1.807) is 6.92 Å². The predicted octanol–water partition coefficient (Wildman–Crippen LogP) is 4.26. The van der Waals surface area contributed by atoms with Crippen molar-refractivity contribution in [2.45, 2.75) is 46.1 Å². The minimum Gasteiger partial charge on any atom is -0.481 e. The Morgan fingerprint density at radius 2 is 1.58 bits per heavy atom. The van der Waals surface area contributed by atoms with Crippen LogP contribution >= 0.6 is 0 Å². The van der Waals surface area contributed by atoms with E-state index in [1.807, 2.05) is 57.2 Å². The molecule has 2 aromatic rings. The molecule has 0 fully saturated rings. The van der Waals surface area contributed by atoms with Gasteiger partial charge in [-0.1, -0.05) is 69.3 Å². The van der Waals surface area contributed by atoms with Crippen LogP contribution in [-0.4, -0.2) is 53.7 Å². The van der Waals surface area contributed by atoms with Crippen molar-refractivity contribution in [1.82, 2.24) is 10.2 Å². The lowest BCUT2D eigenvalue weighted by Gasteiger charge is -2.34. The Labute approximate surface area is 194 Å². The quantitative estimate of drug-likeness (QED) is 0.624. The van der Waals surface area contributed by atoms with Gasteiger partial charge in [-0.05, 0) is 34.6 Å². The van der Waals surface area contributed by atoms with Gasteiger partial charge < -0.3 is 20.1 Å². The Balaban J connectivity index is 1.70. The molecule has 176 valence electrons. The summed E-state index contributed by atoms with van der Waals surface area (Å²) in [6.45, 7) is 7.93. The van der Waals surface area contributed by atoms with E-state index < -0.39 is 23.5 Å². The SMILES string of the molecule is CCN(CCC(=O)O)C(=O)C(NC(=O)OCC1c2ccccc2-c2ccccc21)C(C)(C)C. The van der Waals surface area contributed by atoms with Crippen molar-refractivity contribution in [1.29, 1.82) is 0 Å². The molecule has 33 heavy (non-hydrogen) atoms. The van der Waals surface area contributed by atoms with E-state index in [4.69, 9.17) is 9.84 Å². The number of fused-ring (bicyclic) bond motifs is 3. The molecule has 2 N–H and O–H groups in total. The summed E-state index contributed by atoms with van der Waals surface area (Å²) in [4.78, 5) is 38.3. The number of hydrogen-bond donors (Lipinski definition) is 2. The van der Waals surface area contributed by atoms with Crippen LogP contribution in [0.2, 0.25) is 0 Å². The lowest BCUT2D eigenvalue weighted by molar-refractivity contribution is -0.139. The zero-order valence-electron chi connectivity index (χ0n) is 19.6. The van der Waals surface area contributed by atoms with Gasteiger partial charge in [-0.25, -0.2) is 4.79 Å². The van der Waals surface area contributed by atoms with Gasteiger partial charge in [-0.15, -0.1) is 0 Å². The molecule has 0 radical (unpaired) electrons. The van der Waals surface area contributed by atoms with E-state index in [1.165, 1.54) is 4.90 Å². The van der Waals surface area contributed by atoms with Crippen molar-refractivity contribution in [2.75, 3.05) is 19.7 Å². The van der Waals surface area contributed by atoms with Crippen LogP contribution in [-0.2, 0) is 14.3 Å². The molecule has 7 nitrogen and oxygen atoms in total. The molecule has 2 aromatic carbocycles. The third-order valence-corrected chi connectivity index (χ3v) is 6.01. The molecular formula is C26H32N2O5. The van der Waals surface area contributed by atoms with Gasteiger partial charge in [0.1, 0.15) is 12.6 Å². The van der Waals surface area contributed by atoms with Crippen LogP contribution < -0.4 is 5.32 Å². The highest BCUT2D eigenvalue weighted by molar-refractivity contribution is 5.87. The average molecular weight is 453 g/mol. The van der Waals surface area contributed by atoms with Crippen molar-refractivity contribution in [3.05, 3.63) is 59.7 Å². The van der Waals surface area contributed by atoms with Crippen molar-refractivity contribution < 1.29 is 24.2 Å². The molecule has 1 aliphatic carbocycles. The smallest absolute Gasteiger partial charge is 0.407 e. The first-order valence-corrected chi connectivity index (χ1v) is 11.3. The molecule has 0 saturated carbocycles. The summed E-state index contributed by atoms with van der Waals surface area (Å²) in [7, 11) is 0. The molecule has 0 heterocycles. The highest BCUT2D eigenvalue weighted by Gasteiger charge is 2.36. The van der Waals surface area contributed by atoms with Gasteiger partial charge in [0, 0.05) is 19.0 Å². The van der Waals surface area contributed by atoms with Crippen LogP contribution in [0.3, 0.4) is 0 Å². The van der Waals surface area contributed by atoms with Gasteiger partial charge in [0.05, 0.1) is 6.42 Å². The number of aliphatic carboxylic acids is 1. The molecule has 1 atom stereocenters. The van der Waals surface area contributed by atoms with Crippen LogP contribution in [0.5, 0.6) is 0 Å². The largest absolute Gasteiger partial charge is 0.481 e. The zero-order chi connectivity index (χ0) is 24.2. The van der Waals surface area contributed by atoms with Gasteiger partial charge in [0.2, 0.25) is 5.91 Å². The number of carboxylic acid groups (broad SMARTS) is 1. The lowest BCUT2D eigenvalue weighted by Crippen LogP contribution is -2.55. The number of benzene rings is 2. The maximum atomic E-state index is 13.1. The first kappa shape index (κ1) is 24.3. The van der Waals surface area contributed by atoms with Crippen LogP contribution in [0.25, 0.3) is 11.1 Å². The maximum Gasteiger partial charge on any atom is 0.407 e. The Morgan fingerprint density at radius 1 is 1.03 bits per heavy atom. The zero-order valence-corrected chi connectivity index (χ0v) is 19.6. The number of alkyl carbamates (subject to hydrolysis) is 1. The van der Waals surface area contributed by atoms with Crippen LogP contribution in [0.1, 0.15) is 51.2 Å². The molecule has 0 aliphatic heterocycles. The van der Waals surface area contributed by atoms with Crippen molar-refractivity contribution in [2.24, 2.45) is 5.41 Å². The van der Waals surface area contributed by atoms with Crippen molar-refractivity contribution in [3.8, 4) is 11.1 Å². The molecule has 0 saturated heterocycles. The molecule has 2 amide bonds. The standard InChI is InChI=1S/C26H32N2O5/c1-5-28(15-14-22(29)30)24(31)23(26(2,3)4)27-25(32)33-16-21-19-12-8-6-10-17(19)18-11-7-9-13-20(18)21/h6-13,21,23H,5,14-16H2,1-4H3,(H,27,32)(H,29,30). The van der Waals surface area contributed by atoms with E-state index in [2.05, 4.69) is 17.4 Å². The topological polar surface area (TPSA) is 95.9 Å². The number of nitrogens with one attached hydrogen (secondary N) is 1. The molecule has 1 unspecified atom stereocenters. The summed E-state index contributed by atoms with van der Waals surface area (Å²) in [6, 6.07) is 15.3. The number of likely N-dealkylation sites (N-methyl/N-ethyl adjacent to an activating group) is 1. The number of carbonyl (C=O) groups is 3. The third kappa shape index (κ3) is 5.53. The van der Waals surface area contributed by atoms with Crippen LogP contribution in [0.15, 0.2) is 48.5 Å². The fourth-order valence-electron chi connectivity index (χ4n) is 4.24. The van der Waals surface area contributed by atoms with Crippen LogP contribution in [0, 0.1) is 5.41 Å². The Morgan fingerprint density at radius 3 is 2.06 bits per heavy atom. The number of carboxylic acids is 1. The fraction of sp³-hybridized carbons (Fsp3) is 0.423. The normalized spacial score (nSPS) is 13.6. The second-order valence-corrected chi connectivity index (χ2v) is 9.33. The van der Waals surface area contributed by atoms with Gasteiger partial charge in [-0.2, -0.15) is 0 Å². The average Bonchev–Trinajstić information content (AvgIpc) is 3.09. The van der Waals surface area contributed by atoms with Gasteiger partial charge in [-0.3, -0.25) is 9.59 Å². The highest BCUT2D eigenvalue weighted by atomic mass is 16.5. The number of ether oxygens (including phenoxy) is 1. The maximum absolute atomic E-state index is 13.1. The molecule has 0 bridgehead atoms.